The molecule has 1 aliphatic heterocycles. The van der Waals surface area contributed by atoms with Crippen LogP contribution in [0.4, 0.5) is 0 Å². The van der Waals surface area contributed by atoms with Crippen LogP contribution in [0.3, 0.4) is 0 Å². The van der Waals surface area contributed by atoms with Crippen LogP contribution in [0.5, 0.6) is 0 Å². The van der Waals surface area contributed by atoms with Crippen LogP contribution in [0.1, 0.15) is 19.3 Å². The van der Waals surface area contributed by atoms with Crippen molar-refractivity contribution < 1.29 is 0 Å². The summed E-state index contributed by atoms with van der Waals surface area (Å²) in [5.74, 6) is 0. The van der Waals surface area contributed by atoms with E-state index < -0.39 is 0 Å². The SMILES string of the molecule is C[SiH2]CC[SiH2]N1CCCCC1. The van der Waals surface area contributed by atoms with Gasteiger partial charge in [-0.1, -0.05) is 25.1 Å². The highest BCUT2D eigenvalue weighted by atomic mass is 28.2. The quantitative estimate of drug-likeness (QED) is 0.460. The molecule has 66 valence electrons. The average Bonchev–Trinajstić information content (AvgIpc) is 2.07. The van der Waals surface area contributed by atoms with Crippen LogP contribution in [0.25, 0.3) is 0 Å². The Morgan fingerprint density at radius 1 is 1.09 bits per heavy atom. The number of hydrogen-bond acceptors (Lipinski definition) is 1. The fourth-order valence-corrected chi connectivity index (χ4v) is 6.00. The second-order valence-corrected chi connectivity index (χ2v) is 7.37. The summed E-state index contributed by atoms with van der Waals surface area (Å²) in [5.41, 5.74) is 0. The molecule has 0 aromatic rings. The molecule has 1 fully saturated rings. The van der Waals surface area contributed by atoms with E-state index in [0.717, 1.165) is 0 Å². The summed E-state index contributed by atoms with van der Waals surface area (Å²) in [7, 11) is 0.598. The lowest BCUT2D eigenvalue weighted by atomic mass is 10.2. The van der Waals surface area contributed by atoms with Crippen LogP contribution in [-0.2, 0) is 0 Å². The molecule has 0 saturated carbocycles. The van der Waals surface area contributed by atoms with Gasteiger partial charge in [-0.05, 0) is 25.9 Å². The molecule has 1 nitrogen and oxygen atoms in total. The van der Waals surface area contributed by atoms with Gasteiger partial charge in [0.15, 0.2) is 0 Å². The van der Waals surface area contributed by atoms with Crippen molar-refractivity contribution in [2.75, 3.05) is 13.1 Å². The highest BCUT2D eigenvalue weighted by Gasteiger charge is 2.08. The van der Waals surface area contributed by atoms with Crippen LogP contribution in [0.2, 0.25) is 18.6 Å². The van der Waals surface area contributed by atoms with Crippen molar-refractivity contribution >= 4 is 19.2 Å². The van der Waals surface area contributed by atoms with Crippen molar-refractivity contribution in [1.82, 2.24) is 4.57 Å². The smallest absolute Gasteiger partial charge is 0.0947 e. The van der Waals surface area contributed by atoms with E-state index in [1.54, 1.807) is 12.1 Å². The molecule has 0 aliphatic carbocycles. The molecule has 1 aliphatic rings. The summed E-state index contributed by atoms with van der Waals surface area (Å²) in [6, 6.07) is 3.23. The molecular weight excluding hydrogens is 166 g/mol. The highest BCUT2D eigenvalue weighted by molar-refractivity contribution is 6.39. The first-order valence-electron chi connectivity index (χ1n) is 5.16. The molecule has 11 heavy (non-hydrogen) atoms. The minimum Gasteiger partial charge on any atom is -0.329 e. The van der Waals surface area contributed by atoms with Crippen molar-refractivity contribution in [3.05, 3.63) is 0 Å². The van der Waals surface area contributed by atoms with Crippen molar-refractivity contribution in [1.29, 1.82) is 0 Å². The summed E-state index contributed by atoms with van der Waals surface area (Å²) < 4.78 is 2.79. The molecule has 1 rings (SSSR count). The first-order chi connectivity index (χ1) is 5.43. The van der Waals surface area contributed by atoms with Crippen molar-refractivity contribution in [2.24, 2.45) is 0 Å². The summed E-state index contributed by atoms with van der Waals surface area (Å²) >= 11 is 0. The van der Waals surface area contributed by atoms with Crippen molar-refractivity contribution in [3.63, 3.8) is 0 Å². The molecule has 1 heterocycles. The van der Waals surface area contributed by atoms with Gasteiger partial charge in [0.1, 0.15) is 0 Å². The lowest BCUT2D eigenvalue weighted by Gasteiger charge is -2.26. The Kier molecular flexibility index (Phi) is 5.15. The van der Waals surface area contributed by atoms with Gasteiger partial charge in [0, 0.05) is 9.52 Å². The number of hydrogen-bond donors (Lipinski definition) is 0. The summed E-state index contributed by atoms with van der Waals surface area (Å²) in [4.78, 5) is 0. The standard InChI is InChI=1S/C8H21NSi2/c1-10-7-8-11-9-5-3-2-4-6-9/h2-8,10-11H2,1H3. The second kappa shape index (κ2) is 5.97. The minimum atomic E-state index is 0.223. The Morgan fingerprint density at radius 2 is 1.82 bits per heavy atom. The Balaban J connectivity index is 1.96. The molecule has 0 amide bonds. The second-order valence-electron chi connectivity index (χ2n) is 3.61. The molecule has 0 spiro atoms. The van der Waals surface area contributed by atoms with Gasteiger partial charge < -0.3 is 4.57 Å². The molecule has 3 heteroatoms. The maximum Gasteiger partial charge on any atom is 0.0947 e. The zero-order valence-electron chi connectivity index (χ0n) is 7.81. The van der Waals surface area contributed by atoms with Gasteiger partial charge in [0.2, 0.25) is 0 Å². The van der Waals surface area contributed by atoms with E-state index in [-0.39, 0.29) is 9.68 Å². The Morgan fingerprint density at radius 3 is 2.45 bits per heavy atom. The lowest BCUT2D eigenvalue weighted by molar-refractivity contribution is 0.360. The highest BCUT2D eigenvalue weighted by Crippen LogP contribution is 2.08. The first kappa shape index (κ1) is 9.48. The van der Waals surface area contributed by atoms with Crippen molar-refractivity contribution in [3.8, 4) is 0 Å². The molecule has 0 bridgehead atoms. The molecular formula is C8H21NSi2. The zero-order valence-corrected chi connectivity index (χ0v) is 10.6. The molecule has 0 atom stereocenters. The van der Waals surface area contributed by atoms with Crippen LogP contribution in [0.15, 0.2) is 0 Å². The van der Waals surface area contributed by atoms with Gasteiger partial charge in [0.05, 0.1) is 9.68 Å². The molecule has 1 saturated heterocycles. The van der Waals surface area contributed by atoms with E-state index in [0.29, 0.717) is 9.52 Å². The van der Waals surface area contributed by atoms with Gasteiger partial charge in [-0.15, -0.1) is 0 Å². The third kappa shape index (κ3) is 4.08. The third-order valence-corrected chi connectivity index (χ3v) is 6.81. The van der Waals surface area contributed by atoms with E-state index in [9.17, 15) is 0 Å². The number of rotatable bonds is 4. The van der Waals surface area contributed by atoms with Crippen molar-refractivity contribution in [2.45, 2.75) is 37.9 Å². The topological polar surface area (TPSA) is 3.24 Å². The van der Waals surface area contributed by atoms with E-state index in [4.69, 9.17) is 0 Å². The van der Waals surface area contributed by atoms with Gasteiger partial charge in [-0.25, -0.2) is 0 Å². The average molecular weight is 187 g/mol. The molecule has 0 aromatic heterocycles. The summed E-state index contributed by atoms with van der Waals surface area (Å²) in [6.45, 7) is 5.32. The number of piperidine rings is 1. The molecule has 0 N–H and O–H groups in total. The van der Waals surface area contributed by atoms with Gasteiger partial charge >= 0.3 is 0 Å². The van der Waals surface area contributed by atoms with Crippen LogP contribution in [0, 0.1) is 0 Å². The minimum absolute atomic E-state index is 0.223. The fourth-order valence-electron chi connectivity index (χ4n) is 1.77. The third-order valence-electron chi connectivity index (χ3n) is 2.53. The predicted molar refractivity (Wildman–Crippen MR) is 58.0 cm³/mol. The summed E-state index contributed by atoms with van der Waals surface area (Å²) in [5, 5.41) is 0. The monoisotopic (exact) mass is 187 g/mol. The maximum atomic E-state index is 2.79. The molecule has 0 unspecified atom stereocenters. The Labute approximate surface area is 75.3 Å². The Bertz CT molecular complexity index is 92.1. The molecule has 0 aromatic carbocycles. The normalized spacial score (nSPS) is 22.6. The zero-order chi connectivity index (χ0) is 7.94. The van der Waals surface area contributed by atoms with E-state index in [1.807, 2.05) is 0 Å². The fraction of sp³-hybridized carbons (Fsp3) is 1.00. The summed E-state index contributed by atoms with van der Waals surface area (Å²) in [6.07, 6.45) is 4.46. The van der Waals surface area contributed by atoms with Crippen LogP contribution < -0.4 is 0 Å². The van der Waals surface area contributed by atoms with Gasteiger partial charge in [-0.3, -0.25) is 0 Å². The predicted octanol–water partition coefficient (Wildman–Crippen LogP) is 0.610. The lowest BCUT2D eigenvalue weighted by Crippen LogP contribution is -2.32. The maximum absolute atomic E-state index is 2.79. The molecule has 0 radical (unpaired) electrons. The number of nitrogens with zero attached hydrogens (tertiary/aromatic N) is 1. The van der Waals surface area contributed by atoms with E-state index >= 15 is 0 Å². The van der Waals surface area contributed by atoms with Crippen LogP contribution in [-0.4, -0.2) is 36.9 Å². The largest absolute Gasteiger partial charge is 0.329 e. The van der Waals surface area contributed by atoms with Crippen LogP contribution >= 0.6 is 0 Å². The van der Waals surface area contributed by atoms with E-state index in [1.165, 1.54) is 32.4 Å². The van der Waals surface area contributed by atoms with E-state index in [2.05, 4.69) is 11.1 Å². The van der Waals surface area contributed by atoms with Gasteiger partial charge in [-0.2, -0.15) is 0 Å². The first-order valence-corrected chi connectivity index (χ1v) is 9.20. The Hall–Kier alpha value is 0.394. The van der Waals surface area contributed by atoms with Gasteiger partial charge in [0.25, 0.3) is 0 Å².